The Hall–Kier alpha value is -2.62. The Morgan fingerprint density at radius 2 is 1.43 bits per heavy atom. The molecule has 0 aliphatic carbocycles. The van der Waals surface area contributed by atoms with Gasteiger partial charge in [-0.05, 0) is 68.1 Å². The molecule has 0 heterocycles. The van der Waals surface area contributed by atoms with Crippen molar-refractivity contribution in [3.05, 3.63) is 58.7 Å². The minimum Gasteiger partial charge on any atom is -0.326 e. The van der Waals surface area contributed by atoms with E-state index >= 15 is 0 Å². The van der Waals surface area contributed by atoms with E-state index in [0.717, 1.165) is 27.9 Å². The van der Waals surface area contributed by atoms with Crippen molar-refractivity contribution < 1.29 is 9.59 Å². The van der Waals surface area contributed by atoms with E-state index in [2.05, 4.69) is 10.6 Å². The normalized spacial score (nSPS) is 10.3. The summed E-state index contributed by atoms with van der Waals surface area (Å²) in [5, 5.41) is 5.54. The predicted octanol–water partition coefficient (Wildman–Crippen LogP) is 3.89. The van der Waals surface area contributed by atoms with Crippen LogP contribution in [0.3, 0.4) is 0 Å². The average molecular weight is 310 g/mol. The number of rotatable bonds is 4. The van der Waals surface area contributed by atoms with E-state index in [1.807, 2.05) is 64.1 Å². The summed E-state index contributed by atoms with van der Waals surface area (Å²) in [6.45, 7) is 7.88. The number of amides is 2. The molecule has 2 aromatic carbocycles. The second kappa shape index (κ2) is 7.09. The molecule has 4 nitrogen and oxygen atoms in total. The minimum absolute atomic E-state index is 0.208. The fourth-order valence-electron chi connectivity index (χ4n) is 2.24. The number of carbonyl (C=O) groups excluding carboxylic acids is 2. The number of hydrogen-bond acceptors (Lipinski definition) is 2. The lowest BCUT2D eigenvalue weighted by Gasteiger charge is -2.10. The quantitative estimate of drug-likeness (QED) is 0.842. The first-order valence-corrected chi connectivity index (χ1v) is 7.59. The van der Waals surface area contributed by atoms with Crippen molar-refractivity contribution >= 4 is 23.2 Å². The summed E-state index contributed by atoms with van der Waals surface area (Å²) in [6.07, 6.45) is -0.208. The third-order valence-corrected chi connectivity index (χ3v) is 3.78. The van der Waals surface area contributed by atoms with Gasteiger partial charge in [0.1, 0.15) is 6.42 Å². The van der Waals surface area contributed by atoms with E-state index in [9.17, 15) is 9.59 Å². The highest BCUT2D eigenvalue weighted by Gasteiger charge is 2.11. The van der Waals surface area contributed by atoms with Gasteiger partial charge in [-0.1, -0.05) is 18.2 Å². The van der Waals surface area contributed by atoms with Gasteiger partial charge in [0, 0.05) is 11.4 Å². The Labute approximate surface area is 136 Å². The van der Waals surface area contributed by atoms with Crippen LogP contribution in [0.1, 0.15) is 28.7 Å². The number of anilines is 2. The van der Waals surface area contributed by atoms with Crippen molar-refractivity contribution in [3.8, 4) is 0 Å². The lowest BCUT2D eigenvalue weighted by Crippen LogP contribution is -2.21. The third-order valence-electron chi connectivity index (χ3n) is 3.78. The second-order valence-corrected chi connectivity index (χ2v) is 5.89. The fraction of sp³-hybridized carbons (Fsp3) is 0.263. The molecule has 23 heavy (non-hydrogen) atoms. The molecular weight excluding hydrogens is 288 g/mol. The highest BCUT2D eigenvalue weighted by molar-refractivity contribution is 6.08. The molecule has 2 N–H and O–H groups in total. The van der Waals surface area contributed by atoms with E-state index in [-0.39, 0.29) is 18.2 Å². The topological polar surface area (TPSA) is 58.2 Å². The molecule has 120 valence electrons. The molecule has 0 aromatic heterocycles. The molecule has 0 fully saturated rings. The molecule has 0 saturated heterocycles. The van der Waals surface area contributed by atoms with Crippen LogP contribution in [-0.2, 0) is 9.59 Å². The van der Waals surface area contributed by atoms with Gasteiger partial charge in [-0.25, -0.2) is 0 Å². The van der Waals surface area contributed by atoms with Crippen molar-refractivity contribution in [2.45, 2.75) is 34.1 Å². The molecule has 4 heteroatoms. The Balaban J connectivity index is 1.95. The summed E-state index contributed by atoms with van der Waals surface area (Å²) in [7, 11) is 0. The molecular formula is C19H22N2O2. The average Bonchev–Trinajstić information content (AvgIpc) is 2.46. The van der Waals surface area contributed by atoms with Crippen LogP contribution in [-0.4, -0.2) is 11.8 Å². The van der Waals surface area contributed by atoms with Crippen LogP contribution >= 0.6 is 0 Å². The molecule has 2 aromatic rings. The van der Waals surface area contributed by atoms with Gasteiger partial charge in [-0.2, -0.15) is 0 Å². The lowest BCUT2D eigenvalue weighted by molar-refractivity contribution is -0.123. The predicted molar refractivity (Wildman–Crippen MR) is 93.7 cm³/mol. The Bertz CT molecular complexity index is 751. The maximum atomic E-state index is 12.0. The molecule has 0 radical (unpaired) electrons. The van der Waals surface area contributed by atoms with E-state index in [4.69, 9.17) is 0 Å². The van der Waals surface area contributed by atoms with Crippen molar-refractivity contribution in [1.82, 2.24) is 0 Å². The van der Waals surface area contributed by atoms with Crippen LogP contribution in [0, 0.1) is 27.7 Å². The summed E-state index contributed by atoms with van der Waals surface area (Å²) >= 11 is 0. The van der Waals surface area contributed by atoms with Gasteiger partial charge in [0.05, 0.1) is 0 Å². The zero-order valence-corrected chi connectivity index (χ0v) is 14.0. The molecule has 0 spiro atoms. The largest absolute Gasteiger partial charge is 0.326 e. The zero-order valence-electron chi connectivity index (χ0n) is 14.0. The molecule has 0 aliphatic rings. The van der Waals surface area contributed by atoms with Gasteiger partial charge < -0.3 is 10.6 Å². The van der Waals surface area contributed by atoms with Crippen molar-refractivity contribution in [2.24, 2.45) is 0 Å². The molecule has 0 saturated carbocycles. The molecule has 0 atom stereocenters. The third kappa shape index (κ3) is 4.68. The zero-order chi connectivity index (χ0) is 17.0. The van der Waals surface area contributed by atoms with Gasteiger partial charge in [0.15, 0.2) is 0 Å². The maximum Gasteiger partial charge on any atom is 0.233 e. The summed E-state index contributed by atoms with van der Waals surface area (Å²) < 4.78 is 0. The van der Waals surface area contributed by atoms with Gasteiger partial charge in [-0.15, -0.1) is 0 Å². The standard InChI is InChI=1S/C19H22N2O2/c1-12-5-6-14(3)17(9-12)21-19(23)11-18(22)20-16-8-7-13(2)15(4)10-16/h5-10H,11H2,1-4H3,(H,20,22)(H,21,23). The van der Waals surface area contributed by atoms with E-state index in [1.54, 1.807) is 0 Å². The Morgan fingerprint density at radius 1 is 0.783 bits per heavy atom. The summed E-state index contributed by atoms with van der Waals surface area (Å²) in [5.41, 5.74) is 5.74. The molecule has 2 amide bonds. The minimum atomic E-state index is -0.323. The van der Waals surface area contributed by atoms with Crippen LogP contribution in [0.4, 0.5) is 11.4 Å². The van der Waals surface area contributed by atoms with Crippen LogP contribution in [0.5, 0.6) is 0 Å². The molecule has 2 rings (SSSR count). The number of carbonyl (C=O) groups is 2. The first-order chi connectivity index (χ1) is 10.8. The van der Waals surface area contributed by atoms with Gasteiger partial charge >= 0.3 is 0 Å². The van der Waals surface area contributed by atoms with Crippen molar-refractivity contribution in [3.63, 3.8) is 0 Å². The van der Waals surface area contributed by atoms with E-state index in [0.29, 0.717) is 5.69 Å². The first-order valence-electron chi connectivity index (χ1n) is 7.59. The summed E-state index contributed by atoms with van der Waals surface area (Å²) in [4.78, 5) is 24.0. The monoisotopic (exact) mass is 310 g/mol. The fourth-order valence-corrected chi connectivity index (χ4v) is 2.24. The van der Waals surface area contributed by atoms with Gasteiger partial charge in [0.25, 0.3) is 0 Å². The smallest absolute Gasteiger partial charge is 0.233 e. The van der Waals surface area contributed by atoms with Crippen LogP contribution < -0.4 is 10.6 Å². The lowest BCUT2D eigenvalue weighted by atomic mass is 10.1. The van der Waals surface area contributed by atoms with Gasteiger partial charge in [-0.3, -0.25) is 9.59 Å². The summed E-state index contributed by atoms with van der Waals surface area (Å²) in [5.74, 6) is -0.643. The van der Waals surface area contributed by atoms with Crippen molar-refractivity contribution in [1.29, 1.82) is 0 Å². The number of aryl methyl sites for hydroxylation is 4. The van der Waals surface area contributed by atoms with Crippen LogP contribution in [0.15, 0.2) is 36.4 Å². The van der Waals surface area contributed by atoms with Crippen LogP contribution in [0.2, 0.25) is 0 Å². The summed E-state index contributed by atoms with van der Waals surface area (Å²) in [6, 6.07) is 11.5. The van der Waals surface area contributed by atoms with Crippen LogP contribution in [0.25, 0.3) is 0 Å². The highest BCUT2D eigenvalue weighted by atomic mass is 16.2. The highest BCUT2D eigenvalue weighted by Crippen LogP contribution is 2.17. The number of nitrogens with one attached hydrogen (secondary N) is 2. The Morgan fingerprint density at radius 3 is 2.13 bits per heavy atom. The number of hydrogen-bond donors (Lipinski definition) is 2. The first kappa shape index (κ1) is 16.7. The SMILES string of the molecule is Cc1ccc(C)c(NC(=O)CC(=O)Nc2ccc(C)c(C)c2)c1. The van der Waals surface area contributed by atoms with E-state index in [1.165, 1.54) is 0 Å². The second-order valence-electron chi connectivity index (χ2n) is 5.89. The Kier molecular flexibility index (Phi) is 5.16. The maximum absolute atomic E-state index is 12.0. The molecule has 0 aliphatic heterocycles. The number of benzene rings is 2. The van der Waals surface area contributed by atoms with Gasteiger partial charge in [0.2, 0.25) is 11.8 Å². The van der Waals surface area contributed by atoms with Crippen molar-refractivity contribution in [2.75, 3.05) is 10.6 Å². The van der Waals surface area contributed by atoms with E-state index < -0.39 is 0 Å². The molecule has 0 bridgehead atoms. The molecule has 0 unspecified atom stereocenters.